The number of carbonyl (C=O) groups excluding carboxylic acids is 2. The third-order valence-corrected chi connectivity index (χ3v) is 4.71. The van der Waals surface area contributed by atoms with E-state index in [2.05, 4.69) is 12.1 Å². The van der Waals surface area contributed by atoms with Gasteiger partial charge in [-0.15, -0.1) is 0 Å². The lowest BCUT2D eigenvalue weighted by atomic mass is 10.1. The maximum Gasteiger partial charge on any atom is 0.292 e. The third kappa shape index (κ3) is 4.95. The summed E-state index contributed by atoms with van der Waals surface area (Å²) in [5.74, 6) is 0.497. The highest BCUT2D eigenvalue weighted by Crippen LogP contribution is 2.24. The van der Waals surface area contributed by atoms with Crippen molar-refractivity contribution in [2.75, 3.05) is 18.1 Å². The minimum Gasteiger partial charge on any atom is -0.494 e. The second kappa shape index (κ2) is 9.33. The Morgan fingerprint density at radius 2 is 1.81 bits per heavy atom. The van der Waals surface area contributed by atoms with E-state index >= 15 is 0 Å². The van der Waals surface area contributed by atoms with Crippen LogP contribution in [0.2, 0.25) is 0 Å². The molecule has 27 heavy (non-hydrogen) atoms. The topological polar surface area (TPSA) is 63.2 Å². The quantitative estimate of drug-likeness (QED) is 0.546. The lowest BCUT2D eigenvalue weighted by Crippen LogP contribution is -2.91. The maximum atomic E-state index is 12.7. The van der Waals surface area contributed by atoms with Crippen LogP contribution in [0, 0.1) is 0 Å². The zero-order chi connectivity index (χ0) is 19.1. The van der Waals surface area contributed by atoms with E-state index in [1.54, 1.807) is 12.1 Å². The zero-order valence-corrected chi connectivity index (χ0v) is 15.8. The van der Waals surface area contributed by atoms with Crippen molar-refractivity contribution in [2.24, 2.45) is 0 Å². The van der Waals surface area contributed by atoms with Crippen LogP contribution >= 0.6 is 0 Å². The highest BCUT2D eigenvalue weighted by atomic mass is 16.5. The van der Waals surface area contributed by atoms with Gasteiger partial charge < -0.3 is 10.1 Å². The monoisotopic (exact) mass is 367 g/mol. The lowest BCUT2D eigenvalue weighted by molar-refractivity contribution is -0.674. The largest absolute Gasteiger partial charge is 0.494 e. The van der Waals surface area contributed by atoms with Crippen molar-refractivity contribution in [3.63, 3.8) is 0 Å². The molecule has 0 unspecified atom stereocenters. The first-order valence-electron chi connectivity index (χ1n) is 9.66. The predicted octanol–water partition coefficient (Wildman–Crippen LogP) is 2.30. The van der Waals surface area contributed by atoms with Crippen LogP contribution in [-0.4, -0.2) is 31.0 Å². The summed E-state index contributed by atoms with van der Waals surface area (Å²) in [5, 5.41) is 2.00. The van der Waals surface area contributed by atoms with Crippen LogP contribution < -0.4 is 15.0 Å². The molecule has 1 atom stereocenters. The number of anilines is 1. The van der Waals surface area contributed by atoms with Gasteiger partial charge in [-0.3, -0.25) is 9.59 Å². The Morgan fingerprint density at radius 3 is 2.52 bits per heavy atom. The number of hydrogen-bond donors (Lipinski definition) is 1. The van der Waals surface area contributed by atoms with E-state index < -0.39 is 0 Å². The molecule has 2 aromatic rings. The average Bonchev–Trinajstić information content (AvgIpc) is 2.98. The number of ether oxygens (including phenoxy) is 1. The summed E-state index contributed by atoms with van der Waals surface area (Å²) in [5.41, 5.74) is 1.92. The van der Waals surface area contributed by atoms with E-state index in [0.29, 0.717) is 12.3 Å². The molecule has 1 fully saturated rings. The smallest absolute Gasteiger partial charge is 0.292 e. The van der Waals surface area contributed by atoms with Crippen LogP contribution in [-0.2, 0) is 16.0 Å². The van der Waals surface area contributed by atoms with Crippen LogP contribution in [0.5, 0.6) is 5.75 Å². The van der Waals surface area contributed by atoms with Gasteiger partial charge in [0.1, 0.15) is 5.75 Å². The van der Waals surface area contributed by atoms with Crippen molar-refractivity contribution in [1.29, 1.82) is 0 Å². The van der Waals surface area contributed by atoms with Crippen molar-refractivity contribution in [3.05, 3.63) is 60.2 Å². The van der Waals surface area contributed by atoms with Gasteiger partial charge in [0.15, 0.2) is 6.04 Å². The molecule has 2 amide bonds. The van der Waals surface area contributed by atoms with E-state index in [0.717, 1.165) is 31.6 Å². The molecule has 0 spiro atoms. The molecule has 3 rings (SSSR count). The fourth-order valence-electron chi connectivity index (χ4n) is 3.29. The Hall–Kier alpha value is -2.66. The van der Waals surface area contributed by atoms with Gasteiger partial charge >= 0.3 is 0 Å². The summed E-state index contributed by atoms with van der Waals surface area (Å²) in [6, 6.07) is 17.2. The molecule has 1 saturated heterocycles. The van der Waals surface area contributed by atoms with Gasteiger partial charge in [-0.1, -0.05) is 37.3 Å². The van der Waals surface area contributed by atoms with Crippen LogP contribution in [0.4, 0.5) is 5.69 Å². The SMILES string of the molecule is CCCOc1ccc(N2C(=O)C[C@H]([NH2+]CCCc3ccccc3)C2=O)cc1. The first-order chi connectivity index (χ1) is 13.2. The molecule has 0 aliphatic carbocycles. The second-order valence-electron chi connectivity index (χ2n) is 6.83. The van der Waals surface area contributed by atoms with Crippen molar-refractivity contribution in [1.82, 2.24) is 0 Å². The Balaban J connectivity index is 1.52. The van der Waals surface area contributed by atoms with E-state index in [1.165, 1.54) is 10.5 Å². The normalized spacial score (nSPS) is 16.8. The van der Waals surface area contributed by atoms with E-state index in [-0.39, 0.29) is 24.3 Å². The number of rotatable bonds is 9. The number of carbonyl (C=O) groups is 2. The third-order valence-electron chi connectivity index (χ3n) is 4.71. The van der Waals surface area contributed by atoms with Gasteiger partial charge in [0.25, 0.3) is 5.91 Å². The number of nitrogens with two attached hydrogens (primary N) is 1. The standard InChI is InChI=1S/C22H26N2O3/c1-2-15-27-19-12-10-18(11-13-19)24-21(25)16-20(22(24)26)23-14-6-9-17-7-4-3-5-8-17/h3-5,7-8,10-13,20,23H,2,6,9,14-16H2,1H3/p+1/t20-/m0/s1. The second-order valence-corrected chi connectivity index (χ2v) is 6.83. The van der Waals surface area contributed by atoms with Crippen LogP contribution in [0.3, 0.4) is 0 Å². The van der Waals surface area contributed by atoms with E-state index in [1.807, 2.05) is 42.6 Å². The maximum absolute atomic E-state index is 12.7. The van der Waals surface area contributed by atoms with Crippen molar-refractivity contribution < 1.29 is 19.6 Å². The van der Waals surface area contributed by atoms with Crippen molar-refractivity contribution >= 4 is 17.5 Å². The number of imide groups is 1. The summed E-state index contributed by atoms with van der Waals surface area (Å²) in [4.78, 5) is 26.3. The van der Waals surface area contributed by atoms with Crippen LogP contribution in [0.1, 0.15) is 31.7 Å². The molecule has 0 aromatic heterocycles. The molecule has 2 aromatic carbocycles. The molecule has 0 saturated carbocycles. The minimum absolute atomic E-state index is 0.123. The Kier molecular flexibility index (Phi) is 6.60. The number of quaternary nitrogens is 1. The minimum atomic E-state index is -0.315. The fraction of sp³-hybridized carbons (Fsp3) is 0.364. The van der Waals surface area contributed by atoms with E-state index in [9.17, 15) is 9.59 Å². The van der Waals surface area contributed by atoms with Crippen LogP contribution in [0.25, 0.3) is 0 Å². The van der Waals surface area contributed by atoms with E-state index in [4.69, 9.17) is 4.74 Å². The number of benzene rings is 2. The number of nitrogens with zero attached hydrogens (tertiary/aromatic N) is 1. The van der Waals surface area contributed by atoms with Gasteiger partial charge in [0, 0.05) is 6.42 Å². The van der Waals surface area contributed by atoms with Crippen molar-refractivity contribution in [2.45, 2.75) is 38.6 Å². The molecule has 1 heterocycles. The Morgan fingerprint density at radius 1 is 1.07 bits per heavy atom. The number of hydrogen-bond acceptors (Lipinski definition) is 3. The van der Waals surface area contributed by atoms with Gasteiger partial charge in [0.05, 0.1) is 25.3 Å². The zero-order valence-electron chi connectivity index (χ0n) is 15.8. The first-order valence-corrected chi connectivity index (χ1v) is 9.66. The van der Waals surface area contributed by atoms with Crippen molar-refractivity contribution in [3.8, 4) is 5.75 Å². The Bertz CT molecular complexity index is 759. The molecule has 1 aliphatic heterocycles. The molecule has 0 radical (unpaired) electrons. The van der Waals surface area contributed by atoms with Gasteiger partial charge in [-0.25, -0.2) is 4.90 Å². The lowest BCUT2D eigenvalue weighted by Gasteiger charge is -2.15. The summed E-state index contributed by atoms with van der Waals surface area (Å²) >= 11 is 0. The molecule has 1 aliphatic rings. The molecular weight excluding hydrogens is 340 g/mol. The molecule has 2 N–H and O–H groups in total. The summed E-state index contributed by atoms with van der Waals surface area (Å²) in [6.07, 6.45) is 3.16. The fourth-order valence-corrected chi connectivity index (χ4v) is 3.29. The summed E-state index contributed by atoms with van der Waals surface area (Å²) in [7, 11) is 0. The average molecular weight is 367 g/mol. The summed E-state index contributed by atoms with van der Waals surface area (Å²) in [6.45, 7) is 3.53. The molecule has 5 heteroatoms. The highest BCUT2D eigenvalue weighted by Gasteiger charge is 2.41. The molecule has 5 nitrogen and oxygen atoms in total. The van der Waals surface area contributed by atoms with Crippen LogP contribution in [0.15, 0.2) is 54.6 Å². The summed E-state index contributed by atoms with van der Waals surface area (Å²) < 4.78 is 5.55. The molecule has 0 bridgehead atoms. The van der Waals surface area contributed by atoms with Gasteiger partial charge in [-0.2, -0.15) is 0 Å². The van der Waals surface area contributed by atoms with Gasteiger partial charge in [0.2, 0.25) is 5.91 Å². The molecular formula is C22H27N2O3+. The Labute approximate surface area is 160 Å². The number of amides is 2. The highest BCUT2D eigenvalue weighted by molar-refractivity contribution is 6.21. The van der Waals surface area contributed by atoms with Gasteiger partial charge in [-0.05, 0) is 42.7 Å². The predicted molar refractivity (Wildman–Crippen MR) is 105 cm³/mol. The molecule has 142 valence electrons. The number of aryl methyl sites for hydroxylation is 1. The first kappa shape index (κ1) is 19.1.